The fourth-order valence-electron chi connectivity index (χ4n) is 2.75. The molecule has 0 aliphatic carbocycles. The standard InChI is InChI=1S/C21H24N4O2S/c1-15(2)27-18-11-9-17(13-19(18)26-3)14-22-25-20(23-24-21(25)28)12-10-16-7-5-4-6-8-16/h4-9,11,13-15H,10,12H2,1-3H3,(H,24,28)/b22-14-. The van der Waals surface area contributed by atoms with Gasteiger partial charge in [0.2, 0.25) is 4.77 Å². The largest absolute Gasteiger partial charge is 0.493 e. The van der Waals surface area contributed by atoms with Gasteiger partial charge in [0.15, 0.2) is 17.3 Å². The van der Waals surface area contributed by atoms with E-state index in [2.05, 4.69) is 27.4 Å². The Kier molecular flexibility index (Phi) is 6.60. The van der Waals surface area contributed by atoms with Gasteiger partial charge in [-0.05, 0) is 61.8 Å². The zero-order valence-corrected chi connectivity index (χ0v) is 17.1. The van der Waals surface area contributed by atoms with Crippen molar-refractivity contribution in [2.45, 2.75) is 32.8 Å². The van der Waals surface area contributed by atoms with Gasteiger partial charge in [-0.15, -0.1) is 0 Å². The van der Waals surface area contributed by atoms with Crippen LogP contribution in [0.15, 0.2) is 53.6 Å². The molecule has 0 atom stereocenters. The second-order valence-electron chi connectivity index (χ2n) is 6.56. The van der Waals surface area contributed by atoms with Crippen molar-refractivity contribution in [2.24, 2.45) is 5.10 Å². The summed E-state index contributed by atoms with van der Waals surface area (Å²) in [4.78, 5) is 0. The molecule has 1 N–H and O–H groups in total. The third kappa shape index (κ3) is 5.07. The number of hydrogen-bond acceptors (Lipinski definition) is 5. The summed E-state index contributed by atoms with van der Waals surface area (Å²) < 4.78 is 13.3. The molecular weight excluding hydrogens is 372 g/mol. The number of H-pyrrole nitrogens is 1. The Bertz CT molecular complexity index is 993. The number of rotatable bonds is 8. The van der Waals surface area contributed by atoms with E-state index < -0.39 is 0 Å². The van der Waals surface area contributed by atoms with Crippen molar-refractivity contribution in [1.82, 2.24) is 14.9 Å². The molecular formula is C21H24N4O2S. The van der Waals surface area contributed by atoms with Crippen LogP contribution in [0.1, 0.15) is 30.8 Å². The van der Waals surface area contributed by atoms with Gasteiger partial charge >= 0.3 is 0 Å². The summed E-state index contributed by atoms with van der Waals surface area (Å²) in [7, 11) is 1.62. The predicted octanol–water partition coefficient (Wildman–Crippen LogP) is 4.40. The molecule has 0 radical (unpaired) electrons. The van der Waals surface area contributed by atoms with Crippen LogP contribution in [0.4, 0.5) is 0 Å². The van der Waals surface area contributed by atoms with Crippen LogP contribution in [0, 0.1) is 4.77 Å². The minimum absolute atomic E-state index is 0.0739. The van der Waals surface area contributed by atoms with Crippen molar-refractivity contribution in [2.75, 3.05) is 7.11 Å². The van der Waals surface area contributed by atoms with Gasteiger partial charge < -0.3 is 9.47 Å². The lowest BCUT2D eigenvalue weighted by Crippen LogP contribution is -2.07. The lowest BCUT2D eigenvalue weighted by molar-refractivity contribution is 0.230. The van der Waals surface area contributed by atoms with Crippen molar-refractivity contribution in [3.63, 3.8) is 0 Å². The Labute approximate surface area is 169 Å². The molecule has 2 aromatic carbocycles. The fraction of sp³-hybridized carbons (Fsp3) is 0.286. The molecule has 0 spiro atoms. The number of nitrogens with zero attached hydrogens (tertiary/aromatic N) is 3. The van der Waals surface area contributed by atoms with Crippen molar-refractivity contribution >= 4 is 18.4 Å². The summed E-state index contributed by atoms with van der Waals surface area (Å²) in [5, 5.41) is 11.6. The highest BCUT2D eigenvalue weighted by molar-refractivity contribution is 7.71. The third-order valence-electron chi connectivity index (χ3n) is 4.07. The van der Waals surface area contributed by atoms with Crippen LogP contribution in [-0.4, -0.2) is 34.3 Å². The van der Waals surface area contributed by atoms with Crippen LogP contribution >= 0.6 is 12.2 Å². The summed E-state index contributed by atoms with van der Waals surface area (Å²) in [5.41, 5.74) is 2.13. The molecule has 0 aliphatic rings. The molecule has 7 heteroatoms. The van der Waals surface area contributed by atoms with Gasteiger partial charge in [-0.3, -0.25) is 5.10 Å². The molecule has 6 nitrogen and oxygen atoms in total. The van der Waals surface area contributed by atoms with Crippen LogP contribution in [0.3, 0.4) is 0 Å². The summed E-state index contributed by atoms with van der Waals surface area (Å²) in [5.74, 6) is 2.16. The molecule has 0 aliphatic heterocycles. The molecule has 146 valence electrons. The first kappa shape index (κ1) is 19.8. The number of aromatic nitrogens is 3. The number of nitrogens with one attached hydrogen (secondary N) is 1. The van der Waals surface area contributed by atoms with Crippen molar-refractivity contribution in [1.29, 1.82) is 0 Å². The first-order chi connectivity index (χ1) is 13.6. The number of hydrogen-bond donors (Lipinski definition) is 1. The number of benzene rings is 2. The smallest absolute Gasteiger partial charge is 0.216 e. The SMILES string of the molecule is COc1cc(/C=N\n2c(CCc3ccccc3)n[nH]c2=S)ccc1OC(C)C. The number of aryl methyl sites for hydroxylation is 2. The Balaban J connectivity index is 1.77. The van der Waals surface area contributed by atoms with Gasteiger partial charge in [-0.25, -0.2) is 0 Å². The highest BCUT2D eigenvalue weighted by Gasteiger charge is 2.08. The van der Waals surface area contributed by atoms with Gasteiger partial charge in [0, 0.05) is 6.42 Å². The van der Waals surface area contributed by atoms with Gasteiger partial charge in [0.05, 0.1) is 19.4 Å². The zero-order chi connectivity index (χ0) is 19.9. The zero-order valence-electron chi connectivity index (χ0n) is 16.3. The fourth-order valence-corrected chi connectivity index (χ4v) is 2.94. The molecule has 3 aromatic rings. The van der Waals surface area contributed by atoms with E-state index in [0.29, 0.717) is 16.3 Å². The quantitative estimate of drug-likeness (QED) is 0.453. The van der Waals surface area contributed by atoms with Crippen molar-refractivity contribution < 1.29 is 9.47 Å². The molecule has 1 aromatic heterocycles. The Morgan fingerprint density at radius 3 is 2.64 bits per heavy atom. The Morgan fingerprint density at radius 2 is 1.93 bits per heavy atom. The number of aromatic amines is 1. The molecule has 0 bridgehead atoms. The molecule has 0 amide bonds. The first-order valence-corrected chi connectivity index (χ1v) is 9.57. The Hall–Kier alpha value is -2.93. The second kappa shape index (κ2) is 9.32. The molecule has 0 saturated carbocycles. The van der Waals surface area contributed by atoms with Crippen LogP contribution in [0.25, 0.3) is 0 Å². The number of ether oxygens (including phenoxy) is 2. The third-order valence-corrected chi connectivity index (χ3v) is 4.33. The Morgan fingerprint density at radius 1 is 1.14 bits per heavy atom. The topological polar surface area (TPSA) is 64.4 Å². The molecule has 0 saturated heterocycles. The van der Waals surface area contributed by atoms with Gasteiger partial charge in [0.1, 0.15) is 0 Å². The first-order valence-electron chi connectivity index (χ1n) is 9.16. The second-order valence-corrected chi connectivity index (χ2v) is 6.95. The maximum absolute atomic E-state index is 5.75. The van der Waals surface area contributed by atoms with E-state index in [1.807, 2.05) is 50.2 Å². The maximum Gasteiger partial charge on any atom is 0.216 e. The van der Waals surface area contributed by atoms with E-state index in [9.17, 15) is 0 Å². The lowest BCUT2D eigenvalue weighted by atomic mass is 10.1. The van der Waals surface area contributed by atoms with Gasteiger partial charge in [0.25, 0.3) is 0 Å². The average molecular weight is 397 g/mol. The van der Waals surface area contributed by atoms with Crippen molar-refractivity contribution in [3.05, 3.63) is 70.3 Å². The van der Waals surface area contributed by atoms with E-state index in [-0.39, 0.29) is 6.10 Å². The molecule has 0 fully saturated rings. The molecule has 3 rings (SSSR count). The van der Waals surface area contributed by atoms with Crippen LogP contribution in [0.2, 0.25) is 0 Å². The average Bonchev–Trinajstić information content (AvgIpc) is 3.05. The maximum atomic E-state index is 5.75. The van der Waals surface area contributed by atoms with E-state index >= 15 is 0 Å². The summed E-state index contributed by atoms with van der Waals surface area (Å²) >= 11 is 5.32. The van der Waals surface area contributed by atoms with Crippen molar-refractivity contribution in [3.8, 4) is 11.5 Å². The predicted molar refractivity (Wildman–Crippen MR) is 113 cm³/mol. The molecule has 1 heterocycles. The minimum atomic E-state index is 0.0739. The van der Waals surface area contributed by atoms with Crippen LogP contribution in [-0.2, 0) is 12.8 Å². The highest BCUT2D eigenvalue weighted by atomic mass is 32.1. The van der Waals surface area contributed by atoms with Crippen LogP contribution in [0.5, 0.6) is 11.5 Å². The van der Waals surface area contributed by atoms with E-state index in [1.54, 1.807) is 18.0 Å². The van der Waals surface area contributed by atoms with E-state index in [0.717, 1.165) is 24.2 Å². The normalized spacial score (nSPS) is 11.3. The van der Waals surface area contributed by atoms with E-state index in [4.69, 9.17) is 21.7 Å². The highest BCUT2D eigenvalue weighted by Crippen LogP contribution is 2.28. The summed E-state index contributed by atoms with van der Waals surface area (Å²) in [6.07, 6.45) is 3.41. The minimum Gasteiger partial charge on any atom is -0.493 e. The van der Waals surface area contributed by atoms with Crippen LogP contribution < -0.4 is 9.47 Å². The summed E-state index contributed by atoms with van der Waals surface area (Å²) in [6, 6.07) is 16.0. The molecule has 28 heavy (non-hydrogen) atoms. The molecule has 0 unspecified atom stereocenters. The number of methoxy groups -OCH3 is 1. The van der Waals surface area contributed by atoms with Gasteiger partial charge in [-0.2, -0.15) is 14.9 Å². The summed E-state index contributed by atoms with van der Waals surface area (Å²) in [6.45, 7) is 3.96. The lowest BCUT2D eigenvalue weighted by Gasteiger charge is -2.13. The van der Waals surface area contributed by atoms with E-state index in [1.165, 1.54) is 5.56 Å². The monoisotopic (exact) mass is 396 g/mol. The van der Waals surface area contributed by atoms with Gasteiger partial charge in [-0.1, -0.05) is 30.3 Å².